The fourth-order valence-corrected chi connectivity index (χ4v) is 6.86. The van der Waals surface area contributed by atoms with E-state index in [9.17, 15) is 13.8 Å². The first-order valence-corrected chi connectivity index (χ1v) is 20.3. The van der Waals surface area contributed by atoms with Gasteiger partial charge in [0.1, 0.15) is 45.5 Å². The lowest BCUT2D eigenvalue weighted by Crippen LogP contribution is -2.10. The number of pyridine rings is 2. The number of esters is 2. The van der Waals surface area contributed by atoms with Crippen molar-refractivity contribution in [2.45, 2.75) is 13.8 Å². The summed E-state index contributed by atoms with van der Waals surface area (Å²) in [5.41, 5.74) is 15.3. The molecular formula is C36H32Cl6N8O5S. The Balaban J connectivity index is 0.000000227. The van der Waals surface area contributed by atoms with E-state index in [1.165, 1.54) is 33.6 Å². The van der Waals surface area contributed by atoms with E-state index in [4.69, 9.17) is 90.5 Å². The molecular weight excluding hydrogens is 869 g/mol. The van der Waals surface area contributed by atoms with Gasteiger partial charge in [-0.15, -0.1) is 0 Å². The second-order valence-corrected chi connectivity index (χ2v) is 15.1. The average molecular weight is 901 g/mol. The van der Waals surface area contributed by atoms with Crippen molar-refractivity contribution in [2.24, 2.45) is 0 Å². The topological polar surface area (TPSA) is 183 Å². The largest absolute Gasteiger partial charge is 0.462 e. The van der Waals surface area contributed by atoms with Crippen LogP contribution in [-0.2, 0) is 20.3 Å². The molecule has 4 heterocycles. The van der Waals surface area contributed by atoms with Crippen LogP contribution in [-0.4, -0.2) is 71.4 Å². The molecule has 294 valence electrons. The summed E-state index contributed by atoms with van der Waals surface area (Å²) < 4.78 is 22.4. The van der Waals surface area contributed by atoms with Gasteiger partial charge in [0.2, 0.25) is 0 Å². The lowest BCUT2D eigenvalue weighted by molar-refractivity contribution is 0.0518. The van der Waals surface area contributed by atoms with Gasteiger partial charge in [0.15, 0.2) is 0 Å². The third kappa shape index (κ3) is 10.5. The van der Waals surface area contributed by atoms with Crippen molar-refractivity contribution in [3.63, 3.8) is 0 Å². The van der Waals surface area contributed by atoms with Crippen LogP contribution in [0.2, 0.25) is 30.1 Å². The molecule has 0 fully saturated rings. The summed E-state index contributed by atoms with van der Waals surface area (Å²) in [6.07, 6.45) is 9.62. The number of aromatic nitrogens is 6. The van der Waals surface area contributed by atoms with Crippen LogP contribution in [0.5, 0.6) is 0 Å². The lowest BCUT2D eigenvalue weighted by atomic mass is 10.1. The predicted octanol–water partition coefficient (Wildman–Crippen LogP) is 9.30. The summed E-state index contributed by atoms with van der Waals surface area (Å²) in [5.74, 6) is -1.07. The maximum Gasteiger partial charge on any atom is 0.344 e. The molecule has 0 spiro atoms. The number of ether oxygens (including phenoxy) is 2. The predicted molar refractivity (Wildman–Crippen MR) is 224 cm³/mol. The average Bonchev–Trinajstić information content (AvgIpc) is 3.65. The van der Waals surface area contributed by atoms with Gasteiger partial charge >= 0.3 is 11.9 Å². The second kappa shape index (κ2) is 20.1. The normalized spacial score (nSPS) is 10.6. The van der Waals surface area contributed by atoms with Gasteiger partial charge in [-0.3, -0.25) is 14.2 Å². The van der Waals surface area contributed by atoms with E-state index in [-0.39, 0.29) is 56.1 Å². The van der Waals surface area contributed by atoms with Crippen LogP contribution in [0.25, 0.3) is 33.9 Å². The Morgan fingerprint density at radius 1 is 0.625 bits per heavy atom. The van der Waals surface area contributed by atoms with Gasteiger partial charge in [-0.25, -0.2) is 19.0 Å². The van der Waals surface area contributed by atoms with Crippen LogP contribution in [0, 0.1) is 0 Å². The van der Waals surface area contributed by atoms with E-state index < -0.39 is 22.7 Å². The molecule has 0 aliphatic carbocycles. The number of rotatable bonds is 8. The number of benzene rings is 2. The molecule has 0 bridgehead atoms. The van der Waals surface area contributed by atoms with Gasteiger partial charge in [0.25, 0.3) is 0 Å². The first-order valence-electron chi connectivity index (χ1n) is 16.1. The molecule has 4 N–H and O–H groups in total. The Bertz CT molecular complexity index is 2170. The van der Waals surface area contributed by atoms with Crippen molar-refractivity contribution in [3.8, 4) is 33.9 Å². The van der Waals surface area contributed by atoms with Crippen LogP contribution in [0.15, 0.2) is 73.3 Å². The van der Waals surface area contributed by atoms with E-state index in [1.54, 1.807) is 75.4 Å². The molecule has 0 radical (unpaired) electrons. The Kier molecular flexibility index (Phi) is 15.9. The first-order chi connectivity index (χ1) is 26.6. The lowest BCUT2D eigenvalue weighted by Gasteiger charge is -2.09. The van der Waals surface area contributed by atoms with Crippen molar-refractivity contribution in [2.75, 3.05) is 37.2 Å². The highest BCUT2D eigenvalue weighted by molar-refractivity contribution is 7.83. The highest BCUT2D eigenvalue weighted by Crippen LogP contribution is 2.38. The molecule has 6 aromatic rings. The monoisotopic (exact) mass is 898 g/mol. The van der Waals surface area contributed by atoms with Crippen LogP contribution in [0.1, 0.15) is 34.6 Å². The number of hydrogen-bond acceptors (Lipinski definition) is 11. The third-order valence-electron chi connectivity index (χ3n) is 7.10. The highest BCUT2D eigenvalue weighted by atomic mass is 35.5. The molecule has 56 heavy (non-hydrogen) atoms. The smallest absolute Gasteiger partial charge is 0.344 e. The molecule has 13 nitrogen and oxygen atoms in total. The van der Waals surface area contributed by atoms with E-state index >= 15 is 0 Å². The summed E-state index contributed by atoms with van der Waals surface area (Å²) in [6.45, 7) is 3.80. The van der Waals surface area contributed by atoms with Gasteiger partial charge in [-0.2, -0.15) is 10.2 Å². The minimum Gasteiger partial charge on any atom is -0.462 e. The van der Waals surface area contributed by atoms with Crippen LogP contribution in [0.3, 0.4) is 0 Å². The van der Waals surface area contributed by atoms with Crippen molar-refractivity contribution in [3.05, 3.63) is 115 Å². The molecule has 0 saturated heterocycles. The first kappa shape index (κ1) is 44.3. The number of nitrogen functional groups attached to an aromatic ring is 2. The Morgan fingerprint density at radius 3 is 1.18 bits per heavy atom. The molecule has 0 aliphatic heterocycles. The zero-order valence-electron chi connectivity index (χ0n) is 29.9. The zero-order valence-corrected chi connectivity index (χ0v) is 35.2. The maximum atomic E-state index is 12.5. The molecule has 0 unspecified atom stereocenters. The zero-order chi connectivity index (χ0) is 41.3. The third-order valence-corrected chi connectivity index (χ3v) is 8.68. The van der Waals surface area contributed by atoms with Gasteiger partial charge in [-0.05, 0) is 62.4 Å². The van der Waals surface area contributed by atoms with Gasteiger partial charge < -0.3 is 20.9 Å². The number of nitrogens with zero attached hydrogens (tertiary/aromatic N) is 6. The maximum absolute atomic E-state index is 12.5. The fraction of sp³-hybridized carbons (Fsp3) is 0.167. The van der Waals surface area contributed by atoms with Gasteiger partial charge in [0, 0.05) is 69.3 Å². The van der Waals surface area contributed by atoms with Crippen LogP contribution in [0.4, 0.5) is 11.6 Å². The fourth-order valence-electron chi connectivity index (χ4n) is 4.91. The molecule has 6 rings (SSSR count). The van der Waals surface area contributed by atoms with Crippen LogP contribution < -0.4 is 11.5 Å². The van der Waals surface area contributed by atoms with E-state index in [0.717, 1.165) is 0 Å². The summed E-state index contributed by atoms with van der Waals surface area (Å²) in [5, 5.41) is 10.6. The standard InChI is InChI=1S/2C17H13Cl3N4O2.C2H6OS/c2*1-2-26-17(25)13-14(9-3-5-22-6-4-9)23-24(16(13)21)15-11(19)7-10(18)8-12(15)20;1-4(2)3/h2*3-8H,2,21H2,1H3;1-2H3. The molecule has 0 atom stereocenters. The Labute approximate surface area is 354 Å². The summed E-state index contributed by atoms with van der Waals surface area (Å²) >= 11 is 37.0. The van der Waals surface area contributed by atoms with Crippen LogP contribution >= 0.6 is 69.6 Å². The summed E-state index contributed by atoms with van der Waals surface area (Å²) in [6, 6.07) is 12.9. The number of nitrogens with two attached hydrogens (primary N) is 2. The van der Waals surface area contributed by atoms with E-state index in [0.29, 0.717) is 43.9 Å². The second-order valence-electron chi connectivity index (χ2n) is 11.1. The van der Waals surface area contributed by atoms with E-state index in [1.807, 2.05) is 0 Å². The minimum absolute atomic E-state index is 0.0568. The number of anilines is 2. The minimum atomic E-state index is -0.611. The summed E-state index contributed by atoms with van der Waals surface area (Å²) in [7, 11) is -0.611. The molecule has 0 amide bonds. The van der Waals surface area contributed by atoms with Gasteiger partial charge in [-0.1, -0.05) is 69.6 Å². The van der Waals surface area contributed by atoms with Crippen molar-refractivity contribution < 1.29 is 23.3 Å². The number of halogens is 6. The van der Waals surface area contributed by atoms with Crippen molar-refractivity contribution in [1.82, 2.24) is 29.5 Å². The molecule has 0 aliphatic rings. The molecule has 4 aromatic heterocycles. The van der Waals surface area contributed by atoms with Crippen molar-refractivity contribution in [1.29, 1.82) is 0 Å². The molecule has 2 aromatic carbocycles. The van der Waals surface area contributed by atoms with Gasteiger partial charge in [0.05, 0.1) is 33.3 Å². The van der Waals surface area contributed by atoms with Crippen molar-refractivity contribution >= 4 is 104 Å². The number of hydrogen-bond donors (Lipinski definition) is 2. The number of carbonyl (C=O) groups excluding carboxylic acids is 2. The molecule has 20 heteroatoms. The Morgan fingerprint density at radius 2 is 0.911 bits per heavy atom. The SMILES string of the molecule is CCOC(=O)c1c(-c2ccncc2)nn(-c2c(Cl)cc(Cl)cc2Cl)c1N.CCOC(=O)c1c(-c2ccncc2)nn(-c2c(Cl)cc(Cl)cc2Cl)c1N.CS(C)=O. The number of carbonyl (C=O) groups is 2. The molecule has 0 saturated carbocycles. The summed E-state index contributed by atoms with van der Waals surface area (Å²) in [4.78, 5) is 32.9. The Hall–Kier alpha value is -4.41. The highest BCUT2D eigenvalue weighted by Gasteiger charge is 2.28. The van der Waals surface area contributed by atoms with E-state index in [2.05, 4.69) is 20.2 Å². The quantitative estimate of drug-likeness (QED) is 0.139.